The molecule has 1 aromatic carbocycles. The molecule has 0 amide bonds. The summed E-state index contributed by atoms with van der Waals surface area (Å²) in [5.74, 6) is 0. The maximum atomic E-state index is 6.08. The monoisotopic (exact) mass is 223 g/mol. The molecule has 0 spiro atoms. The number of hydrogen-bond donors (Lipinski definition) is 1. The van der Waals surface area contributed by atoms with Gasteiger partial charge in [-0.3, -0.25) is 0 Å². The number of nitrogens with two attached hydrogens (primary N) is 1. The van der Waals surface area contributed by atoms with Gasteiger partial charge < -0.3 is 5.73 Å². The van der Waals surface area contributed by atoms with Gasteiger partial charge in [-0.1, -0.05) is 23.7 Å². The molecule has 0 aliphatic carbocycles. The van der Waals surface area contributed by atoms with Crippen LogP contribution in [0.5, 0.6) is 0 Å². The predicted molar refractivity (Wildman–Crippen MR) is 67.2 cm³/mol. The van der Waals surface area contributed by atoms with Gasteiger partial charge in [-0.05, 0) is 49.4 Å². The molecule has 0 bridgehead atoms. The number of halogens is 1. The first-order valence-corrected chi connectivity index (χ1v) is 5.65. The van der Waals surface area contributed by atoms with Crippen molar-refractivity contribution >= 4 is 11.6 Å². The summed E-state index contributed by atoms with van der Waals surface area (Å²) in [6, 6.07) is 6.08. The number of unbranched alkanes of at least 4 members (excludes halogenated alkanes) is 1. The largest absolute Gasteiger partial charge is 0.324 e. The number of benzene rings is 1. The SMILES string of the molecule is C=CCCCC(N)c1cc(C)cc(Cl)c1. The Kier molecular flexibility index (Phi) is 4.86. The highest BCUT2D eigenvalue weighted by atomic mass is 35.5. The Labute approximate surface area is 96.9 Å². The van der Waals surface area contributed by atoms with Crippen LogP contribution in [0.3, 0.4) is 0 Å². The minimum absolute atomic E-state index is 0.0855. The molecule has 1 atom stereocenters. The smallest absolute Gasteiger partial charge is 0.0411 e. The molecule has 0 aromatic heterocycles. The molecular weight excluding hydrogens is 206 g/mol. The maximum Gasteiger partial charge on any atom is 0.0411 e. The van der Waals surface area contributed by atoms with Gasteiger partial charge in [0.05, 0.1) is 0 Å². The van der Waals surface area contributed by atoms with Gasteiger partial charge in [0.25, 0.3) is 0 Å². The van der Waals surface area contributed by atoms with Gasteiger partial charge in [-0.15, -0.1) is 6.58 Å². The van der Waals surface area contributed by atoms with Crippen molar-refractivity contribution in [3.05, 3.63) is 47.0 Å². The fourth-order valence-electron chi connectivity index (χ4n) is 1.63. The molecule has 82 valence electrons. The molecule has 0 fully saturated rings. The summed E-state index contributed by atoms with van der Waals surface area (Å²) in [4.78, 5) is 0. The summed E-state index contributed by atoms with van der Waals surface area (Å²) in [7, 11) is 0. The van der Waals surface area contributed by atoms with Gasteiger partial charge in [0, 0.05) is 11.1 Å². The first-order chi connectivity index (χ1) is 7.13. The maximum absolute atomic E-state index is 6.08. The van der Waals surface area contributed by atoms with E-state index >= 15 is 0 Å². The van der Waals surface area contributed by atoms with E-state index in [2.05, 4.69) is 12.6 Å². The minimum Gasteiger partial charge on any atom is -0.324 e. The van der Waals surface area contributed by atoms with Crippen LogP contribution in [-0.2, 0) is 0 Å². The summed E-state index contributed by atoms with van der Waals surface area (Å²) in [5, 5.41) is 0.768. The van der Waals surface area contributed by atoms with E-state index < -0.39 is 0 Å². The molecule has 1 nitrogen and oxygen atoms in total. The summed E-state index contributed by atoms with van der Waals surface area (Å²) < 4.78 is 0. The summed E-state index contributed by atoms with van der Waals surface area (Å²) in [6.45, 7) is 5.73. The Balaban J connectivity index is 2.64. The van der Waals surface area contributed by atoms with Crippen LogP contribution in [0.1, 0.15) is 36.4 Å². The summed E-state index contributed by atoms with van der Waals surface area (Å²) in [5.41, 5.74) is 8.37. The molecule has 0 saturated heterocycles. The first-order valence-electron chi connectivity index (χ1n) is 5.27. The zero-order valence-electron chi connectivity index (χ0n) is 9.17. The number of aryl methyl sites for hydroxylation is 1. The lowest BCUT2D eigenvalue weighted by Gasteiger charge is -2.12. The topological polar surface area (TPSA) is 26.0 Å². The van der Waals surface area contributed by atoms with E-state index in [1.54, 1.807) is 0 Å². The highest BCUT2D eigenvalue weighted by Gasteiger charge is 2.06. The molecule has 0 saturated carbocycles. The van der Waals surface area contributed by atoms with Crippen molar-refractivity contribution in [3.63, 3.8) is 0 Å². The molecular formula is C13H18ClN. The van der Waals surface area contributed by atoms with Crippen LogP contribution >= 0.6 is 11.6 Å². The van der Waals surface area contributed by atoms with Crippen LogP contribution in [0.25, 0.3) is 0 Å². The average Bonchev–Trinajstić information content (AvgIpc) is 2.16. The fourth-order valence-corrected chi connectivity index (χ4v) is 1.93. The van der Waals surface area contributed by atoms with Gasteiger partial charge in [0.2, 0.25) is 0 Å². The second-order valence-corrected chi connectivity index (χ2v) is 4.32. The van der Waals surface area contributed by atoms with Crippen LogP contribution in [0.2, 0.25) is 5.02 Å². The lowest BCUT2D eigenvalue weighted by Crippen LogP contribution is -2.10. The molecule has 2 heteroatoms. The average molecular weight is 224 g/mol. The van der Waals surface area contributed by atoms with Crippen molar-refractivity contribution in [1.29, 1.82) is 0 Å². The standard InChI is InChI=1S/C13H18ClN/c1-3-4-5-6-13(15)11-7-10(2)8-12(14)9-11/h3,7-9,13H,1,4-6,15H2,2H3. The van der Waals surface area contributed by atoms with Crippen LogP contribution in [0.4, 0.5) is 0 Å². The third-order valence-corrected chi connectivity index (χ3v) is 2.63. The molecule has 0 aliphatic heterocycles. The molecule has 2 N–H and O–H groups in total. The van der Waals surface area contributed by atoms with E-state index in [4.69, 9.17) is 17.3 Å². The van der Waals surface area contributed by atoms with Crippen molar-refractivity contribution in [2.45, 2.75) is 32.2 Å². The van der Waals surface area contributed by atoms with E-state index in [1.165, 1.54) is 0 Å². The molecule has 0 radical (unpaired) electrons. The number of allylic oxidation sites excluding steroid dienone is 1. The molecule has 1 rings (SSSR count). The quantitative estimate of drug-likeness (QED) is 0.593. The van der Waals surface area contributed by atoms with E-state index in [-0.39, 0.29) is 6.04 Å². The molecule has 15 heavy (non-hydrogen) atoms. The third kappa shape index (κ3) is 4.06. The third-order valence-electron chi connectivity index (χ3n) is 2.42. The Morgan fingerprint density at radius 2 is 2.20 bits per heavy atom. The van der Waals surface area contributed by atoms with Crippen molar-refractivity contribution < 1.29 is 0 Å². The lowest BCUT2D eigenvalue weighted by molar-refractivity contribution is 0.617. The predicted octanol–water partition coefficient (Wildman–Crippen LogP) is 4.00. The zero-order valence-corrected chi connectivity index (χ0v) is 9.93. The molecule has 1 aromatic rings. The van der Waals surface area contributed by atoms with E-state index in [0.29, 0.717) is 0 Å². The lowest BCUT2D eigenvalue weighted by atomic mass is 10.0. The Hall–Kier alpha value is -0.790. The van der Waals surface area contributed by atoms with Crippen LogP contribution in [0, 0.1) is 6.92 Å². The van der Waals surface area contributed by atoms with Gasteiger partial charge in [0.1, 0.15) is 0 Å². The van der Waals surface area contributed by atoms with Gasteiger partial charge >= 0.3 is 0 Å². The summed E-state index contributed by atoms with van der Waals surface area (Å²) in [6.07, 6.45) is 5.01. The van der Waals surface area contributed by atoms with Crippen molar-refractivity contribution in [3.8, 4) is 0 Å². The fraction of sp³-hybridized carbons (Fsp3) is 0.385. The van der Waals surface area contributed by atoms with E-state index in [9.17, 15) is 0 Å². The van der Waals surface area contributed by atoms with Crippen LogP contribution in [0.15, 0.2) is 30.9 Å². The normalized spacial score (nSPS) is 12.5. The summed E-state index contributed by atoms with van der Waals surface area (Å²) >= 11 is 5.98. The van der Waals surface area contributed by atoms with E-state index in [1.807, 2.05) is 25.1 Å². The van der Waals surface area contributed by atoms with Crippen LogP contribution in [-0.4, -0.2) is 0 Å². The second kappa shape index (κ2) is 5.94. The molecule has 0 heterocycles. The van der Waals surface area contributed by atoms with Crippen molar-refractivity contribution in [2.24, 2.45) is 5.73 Å². The Morgan fingerprint density at radius 3 is 2.80 bits per heavy atom. The number of rotatable bonds is 5. The van der Waals surface area contributed by atoms with Gasteiger partial charge in [-0.2, -0.15) is 0 Å². The van der Waals surface area contributed by atoms with E-state index in [0.717, 1.165) is 35.4 Å². The highest BCUT2D eigenvalue weighted by Crippen LogP contribution is 2.22. The van der Waals surface area contributed by atoms with Crippen LogP contribution < -0.4 is 5.73 Å². The van der Waals surface area contributed by atoms with Crippen molar-refractivity contribution in [1.82, 2.24) is 0 Å². The first kappa shape index (κ1) is 12.3. The number of hydrogen-bond acceptors (Lipinski definition) is 1. The zero-order chi connectivity index (χ0) is 11.3. The van der Waals surface area contributed by atoms with Gasteiger partial charge in [0.15, 0.2) is 0 Å². The minimum atomic E-state index is 0.0855. The molecule has 0 aliphatic rings. The Morgan fingerprint density at radius 1 is 1.47 bits per heavy atom. The van der Waals surface area contributed by atoms with Gasteiger partial charge in [-0.25, -0.2) is 0 Å². The second-order valence-electron chi connectivity index (χ2n) is 3.89. The highest BCUT2D eigenvalue weighted by molar-refractivity contribution is 6.30. The molecule has 1 unspecified atom stereocenters. The van der Waals surface area contributed by atoms with Crippen molar-refractivity contribution in [2.75, 3.05) is 0 Å². The Bertz CT molecular complexity index is 313.